The van der Waals surface area contributed by atoms with Crippen LogP contribution in [-0.4, -0.2) is 4.98 Å². The molecule has 1 nitrogen and oxygen atoms in total. The lowest BCUT2D eigenvalue weighted by Gasteiger charge is -2.14. The molecule has 0 aliphatic heterocycles. The number of rotatable bonds is 2. The summed E-state index contributed by atoms with van der Waals surface area (Å²) >= 11 is 0. The summed E-state index contributed by atoms with van der Waals surface area (Å²) in [5, 5.41) is 0. The van der Waals surface area contributed by atoms with Gasteiger partial charge in [-0.3, -0.25) is 4.98 Å². The molecule has 98 valence electrons. The van der Waals surface area contributed by atoms with E-state index < -0.39 is 0 Å². The number of hydrogen-bond acceptors (Lipinski definition) is 1. The molecule has 1 heteroatoms. The Hall–Kier alpha value is -2.41. The molecule has 3 rings (SSSR count). The first-order chi connectivity index (χ1) is 9.77. The first kappa shape index (κ1) is 12.6. The zero-order valence-corrected chi connectivity index (χ0v) is 11.8. The molecule has 0 unspecified atom stereocenters. The second kappa shape index (κ2) is 5.30. The normalized spacial score (nSPS) is 10.5. The van der Waals surface area contributed by atoms with Crippen LogP contribution in [0.4, 0.5) is 0 Å². The van der Waals surface area contributed by atoms with Crippen molar-refractivity contribution in [3.8, 4) is 22.4 Å². The Morgan fingerprint density at radius 3 is 1.85 bits per heavy atom. The summed E-state index contributed by atoms with van der Waals surface area (Å²) in [5.74, 6) is 0. The Morgan fingerprint density at radius 2 is 1.25 bits per heavy atom. The molecular formula is C19H17N. The third kappa shape index (κ3) is 2.23. The predicted molar refractivity (Wildman–Crippen MR) is 84.6 cm³/mol. The number of aryl methyl sites for hydroxylation is 1. The lowest BCUT2D eigenvalue weighted by molar-refractivity contribution is 1.22. The molecule has 0 aliphatic rings. The van der Waals surface area contributed by atoms with E-state index in [0.29, 0.717) is 0 Å². The summed E-state index contributed by atoms with van der Waals surface area (Å²) in [7, 11) is 0. The number of pyridine rings is 1. The van der Waals surface area contributed by atoms with Crippen molar-refractivity contribution < 1.29 is 0 Å². The van der Waals surface area contributed by atoms with Gasteiger partial charge in [0.1, 0.15) is 0 Å². The van der Waals surface area contributed by atoms with Crippen molar-refractivity contribution in [2.75, 3.05) is 0 Å². The maximum Gasteiger partial charge on any atom is 0.0737 e. The largest absolute Gasteiger partial charge is 0.256 e. The summed E-state index contributed by atoms with van der Waals surface area (Å²) in [6, 6.07) is 20.9. The van der Waals surface area contributed by atoms with Crippen molar-refractivity contribution in [1.29, 1.82) is 0 Å². The highest BCUT2D eigenvalue weighted by molar-refractivity contribution is 5.77. The van der Waals surface area contributed by atoms with Gasteiger partial charge >= 0.3 is 0 Å². The van der Waals surface area contributed by atoms with E-state index >= 15 is 0 Å². The molecule has 1 aromatic heterocycles. The zero-order chi connectivity index (χ0) is 13.9. The van der Waals surface area contributed by atoms with Gasteiger partial charge in [-0.05, 0) is 36.1 Å². The third-order valence-electron chi connectivity index (χ3n) is 3.62. The fourth-order valence-electron chi connectivity index (χ4n) is 2.67. The van der Waals surface area contributed by atoms with Crippen LogP contribution in [-0.2, 0) is 0 Å². The van der Waals surface area contributed by atoms with Crippen LogP contribution in [0.5, 0.6) is 0 Å². The molecule has 0 bridgehead atoms. The minimum Gasteiger partial charge on any atom is -0.256 e. The quantitative estimate of drug-likeness (QED) is 0.628. The van der Waals surface area contributed by atoms with E-state index in [4.69, 9.17) is 0 Å². The number of aromatic nitrogens is 1. The first-order valence-corrected chi connectivity index (χ1v) is 6.84. The molecule has 0 fully saturated rings. The molecule has 0 aliphatic carbocycles. The summed E-state index contributed by atoms with van der Waals surface area (Å²) in [6.45, 7) is 4.28. The Bertz CT molecular complexity index is 716. The Balaban J connectivity index is 2.22. The van der Waals surface area contributed by atoms with Crippen LogP contribution in [0.1, 0.15) is 11.1 Å². The molecule has 2 aromatic carbocycles. The van der Waals surface area contributed by atoms with Gasteiger partial charge in [-0.2, -0.15) is 0 Å². The van der Waals surface area contributed by atoms with Gasteiger partial charge in [0.05, 0.1) is 5.69 Å². The number of benzene rings is 2. The topological polar surface area (TPSA) is 12.9 Å². The molecule has 1 heterocycles. The maximum atomic E-state index is 4.63. The van der Waals surface area contributed by atoms with Gasteiger partial charge in [-0.15, -0.1) is 0 Å². The summed E-state index contributed by atoms with van der Waals surface area (Å²) in [5.41, 5.74) is 7.23. The molecule has 0 N–H and O–H groups in total. The lowest BCUT2D eigenvalue weighted by atomic mass is 9.94. The monoisotopic (exact) mass is 259 g/mol. The van der Waals surface area contributed by atoms with Crippen LogP contribution >= 0.6 is 0 Å². The van der Waals surface area contributed by atoms with Crippen LogP contribution in [0.15, 0.2) is 66.9 Å². The van der Waals surface area contributed by atoms with Crippen molar-refractivity contribution in [3.05, 3.63) is 78.0 Å². The predicted octanol–water partition coefficient (Wildman–Crippen LogP) is 5.03. The lowest BCUT2D eigenvalue weighted by Crippen LogP contribution is -1.95. The van der Waals surface area contributed by atoms with Crippen LogP contribution in [0.25, 0.3) is 22.4 Å². The second-order valence-electron chi connectivity index (χ2n) is 5.02. The summed E-state index contributed by atoms with van der Waals surface area (Å²) in [6.07, 6.45) is 1.97. The van der Waals surface area contributed by atoms with E-state index in [1.54, 1.807) is 0 Å². The van der Waals surface area contributed by atoms with E-state index in [0.717, 1.165) is 5.69 Å². The van der Waals surface area contributed by atoms with Crippen molar-refractivity contribution in [1.82, 2.24) is 4.98 Å². The van der Waals surface area contributed by atoms with Crippen molar-refractivity contribution in [2.45, 2.75) is 13.8 Å². The van der Waals surface area contributed by atoms with Crippen LogP contribution < -0.4 is 0 Å². The zero-order valence-electron chi connectivity index (χ0n) is 11.8. The average Bonchev–Trinajstić information content (AvgIpc) is 2.49. The van der Waals surface area contributed by atoms with Gasteiger partial charge in [0.2, 0.25) is 0 Å². The fraction of sp³-hybridized carbons (Fsp3) is 0.105. The minimum atomic E-state index is 1.06. The molecule has 0 saturated carbocycles. The standard InChI is InChI=1S/C19H17N/c1-14-13-20-19(17-11-7-4-8-12-17)15(2)18(14)16-9-5-3-6-10-16/h3-13H,1-2H3. The molecule has 20 heavy (non-hydrogen) atoms. The van der Waals surface area contributed by atoms with Crippen LogP contribution in [0.2, 0.25) is 0 Å². The van der Waals surface area contributed by atoms with Gasteiger partial charge in [0.15, 0.2) is 0 Å². The van der Waals surface area contributed by atoms with E-state index in [1.807, 2.05) is 18.3 Å². The fourth-order valence-corrected chi connectivity index (χ4v) is 2.67. The van der Waals surface area contributed by atoms with Crippen molar-refractivity contribution >= 4 is 0 Å². The maximum absolute atomic E-state index is 4.63. The van der Waals surface area contributed by atoms with Crippen LogP contribution in [0, 0.1) is 13.8 Å². The van der Waals surface area contributed by atoms with Gasteiger partial charge in [-0.25, -0.2) is 0 Å². The van der Waals surface area contributed by atoms with Gasteiger partial charge < -0.3 is 0 Å². The summed E-state index contributed by atoms with van der Waals surface area (Å²) < 4.78 is 0. The Morgan fingerprint density at radius 1 is 0.700 bits per heavy atom. The molecule has 0 amide bonds. The Labute approximate surface area is 119 Å². The Kier molecular flexibility index (Phi) is 3.34. The highest BCUT2D eigenvalue weighted by Crippen LogP contribution is 2.32. The second-order valence-corrected chi connectivity index (χ2v) is 5.02. The molecule has 3 aromatic rings. The third-order valence-corrected chi connectivity index (χ3v) is 3.62. The van der Waals surface area contributed by atoms with Gasteiger partial charge in [0, 0.05) is 11.8 Å². The number of hydrogen-bond donors (Lipinski definition) is 0. The van der Waals surface area contributed by atoms with Crippen molar-refractivity contribution in [2.24, 2.45) is 0 Å². The average molecular weight is 259 g/mol. The smallest absolute Gasteiger partial charge is 0.0737 e. The van der Waals surface area contributed by atoms with Gasteiger partial charge in [-0.1, -0.05) is 60.7 Å². The van der Waals surface area contributed by atoms with E-state index in [1.165, 1.54) is 27.8 Å². The summed E-state index contributed by atoms with van der Waals surface area (Å²) in [4.78, 5) is 4.63. The highest BCUT2D eigenvalue weighted by Gasteiger charge is 2.11. The molecule has 0 spiro atoms. The van der Waals surface area contributed by atoms with Crippen LogP contribution in [0.3, 0.4) is 0 Å². The molecule has 0 atom stereocenters. The SMILES string of the molecule is Cc1cnc(-c2ccccc2)c(C)c1-c1ccccc1. The molecule has 0 radical (unpaired) electrons. The van der Waals surface area contributed by atoms with E-state index in [2.05, 4.69) is 67.4 Å². The highest BCUT2D eigenvalue weighted by atomic mass is 14.7. The van der Waals surface area contributed by atoms with E-state index in [-0.39, 0.29) is 0 Å². The minimum absolute atomic E-state index is 1.06. The van der Waals surface area contributed by atoms with E-state index in [9.17, 15) is 0 Å². The van der Waals surface area contributed by atoms with Crippen molar-refractivity contribution in [3.63, 3.8) is 0 Å². The molecule has 0 saturated heterocycles. The van der Waals surface area contributed by atoms with Gasteiger partial charge in [0.25, 0.3) is 0 Å². The molecular weight excluding hydrogens is 242 g/mol. The number of nitrogens with zero attached hydrogens (tertiary/aromatic N) is 1. The first-order valence-electron chi connectivity index (χ1n) is 6.84.